The molecule has 0 unspecified atom stereocenters. The summed E-state index contributed by atoms with van der Waals surface area (Å²) in [7, 11) is 0. The number of amides is 1. The summed E-state index contributed by atoms with van der Waals surface area (Å²) in [5.41, 5.74) is 1.52. The number of aromatic nitrogens is 1. The molecule has 0 saturated carbocycles. The first-order chi connectivity index (χ1) is 11.5. The number of likely N-dealkylation sites (tertiary alicyclic amines) is 1. The van der Waals surface area contributed by atoms with Crippen molar-refractivity contribution < 1.29 is 19.1 Å². The Bertz CT molecular complexity index is 773. The van der Waals surface area contributed by atoms with Gasteiger partial charge in [-0.05, 0) is 37.5 Å². The van der Waals surface area contributed by atoms with Gasteiger partial charge in [0.15, 0.2) is 0 Å². The number of aliphatic carboxylic acids is 1. The summed E-state index contributed by atoms with van der Waals surface area (Å²) in [6.45, 7) is 2.21. The van der Waals surface area contributed by atoms with Gasteiger partial charge in [0.1, 0.15) is 16.7 Å². The summed E-state index contributed by atoms with van der Waals surface area (Å²) < 4.78 is 13.0. The molecule has 1 saturated heterocycles. The molecular weight excluding hydrogens is 331 g/mol. The highest BCUT2D eigenvalue weighted by Crippen LogP contribution is 2.26. The number of nitrogens with zero attached hydrogens (tertiary/aromatic N) is 2. The molecule has 1 fully saturated rings. The van der Waals surface area contributed by atoms with Crippen LogP contribution in [-0.2, 0) is 11.2 Å². The van der Waals surface area contributed by atoms with E-state index in [1.54, 1.807) is 19.1 Å². The molecule has 1 aliphatic heterocycles. The van der Waals surface area contributed by atoms with Gasteiger partial charge in [-0.15, -0.1) is 11.3 Å². The standard InChI is InChI=1S/C17H17FN2O3S/c1-10-15(16(21)20-8-2-3-13(20)17(22)23)24-14(19-10)9-11-4-6-12(18)7-5-11/h4-7,13H,2-3,8-9H2,1H3,(H,22,23)/t13-/m0/s1. The maximum Gasteiger partial charge on any atom is 0.326 e. The van der Waals surface area contributed by atoms with Crippen LogP contribution in [-0.4, -0.2) is 39.5 Å². The molecule has 5 nitrogen and oxygen atoms in total. The lowest BCUT2D eigenvalue weighted by atomic mass is 10.1. The van der Waals surface area contributed by atoms with E-state index in [0.29, 0.717) is 36.4 Å². The topological polar surface area (TPSA) is 70.5 Å². The number of hydrogen-bond acceptors (Lipinski definition) is 4. The average Bonchev–Trinajstić information content (AvgIpc) is 3.16. The van der Waals surface area contributed by atoms with Crippen molar-refractivity contribution in [2.24, 2.45) is 0 Å². The lowest BCUT2D eigenvalue weighted by Crippen LogP contribution is -2.40. The fourth-order valence-corrected chi connectivity index (χ4v) is 3.96. The maximum atomic E-state index is 13.0. The minimum absolute atomic E-state index is 0.264. The quantitative estimate of drug-likeness (QED) is 0.922. The summed E-state index contributed by atoms with van der Waals surface area (Å²) in [6.07, 6.45) is 1.70. The van der Waals surface area contributed by atoms with Crippen LogP contribution >= 0.6 is 11.3 Å². The number of hydrogen-bond donors (Lipinski definition) is 1. The lowest BCUT2D eigenvalue weighted by molar-refractivity contribution is -0.141. The summed E-state index contributed by atoms with van der Waals surface area (Å²) in [5.74, 6) is -1.52. The number of aryl methyl sites for hydroxylation is 1. The van der Waals surface area contributed by atoms with Gasteiger partial charge >= 0.3 is 5.97 Å². The third-order valence-electron chi connectivity index (χ3n) is 4.10. The van der Waals surface area contributed by atoms with Gasteiger partial charge in [0.05, 0.1) is 10.7 Å². The third-order valence-corrected chi connectivity index (χ3v) is 5.25. The Labute approximate surface area is 142 Å². The van der Waals surface area contributed by atoms with E-state index in [1.165, 1.54) is 28.4 Å². The van der Waals surface area contributed by atoms with Gasteiger partial charge in [-0.25, -0.2) is 14.2 Å². The zero-order valence-corrected chi connectivity index (χ0v) is 14.0. The lowest BCUT2D eigenvalue weighted by Gasteiger charge is -2.20. The van der Waals surface area contributed by atoms with E-state index in [1.807, 2.05) is 0 Å². The molecule has 3 rings (SSSR count). The molecule has 24 heavy (non-hydrogen) atoms. The molecule has 1 atom stereocenters. The number of carbonyl (C=O) groups excluding carboxylic acids is 1. The first-order valence-corrected chi connectivity index (χ1v) is 8.52. The predicted octanol–water partition coefficient (Wildman–Crippen LogP) is 2.87. The van der Waals surface area contributed by atoms with Crippen LogP contribution in [0.2, 0.25) is 0 Å². The Morgan fingerprint density at radius 1 is 1.38 bits per heavy atom. The van der Waals surface area contributed by atoms with E-state index in [-0.39, 0.29) is 11.7 Å². The Balaban J connectivity index is 1.79. The van der Waals surface area contributed by atoms with E-state index in [9.17, 15) is 19.1 Å². The van der Waals surface area contributed by atoms with Crippen molar-refractivity contribution in [3.05, 3.63) is 51.2 Å². The number of thiazole rings is 1. The van der Waals surface area contributed by atoms with Crippen molar-refractivity contribution in [1.82, 2.24) is 9.88 Å². The Morgan fingerprint density at radius 3 is 2.75 bits per heavy atom. The zero-order chi connectivity index (χ0) is 17.3. The Hall–Kier alpha value is -2.28. The summed E-state index contributed by atoms with van der Waals surface area (Å²) in [6, 6.07) is 5.41. The zero-order valence-electron chi connectivity index (χ0n) is 13.2. The van der Waals surface area contributed by atoms with Gasteiger partial charge in [-0.2, -0.15) is 0 Å². The van der Waals surface area contributed by atoms with Crippen LogP contribution in [0.3, 0.4) is 0 Å². The smallest absolute Gasteiger partial charge is 0.326 e. The molecule has 1 aromatic heterocycles. The largest absolute Gasteiger partial charge is 0.480 e. The summed E-state index contributed by atoms with van der Waals surface area (Å²) in [5, 5.41) is 9.99. The van der Waals surface area contributed by atoms with E-state index in [2.05, 4.69) is 4.98 Å². The van der Waals surface area contributed by atoms with Crippen LogP contribution in [0.5, 0.6) is 0 Å². The number of benzene rings is 1. The van der Waals surface area contributed by atoms with Crippen molar-refractivity contribution in [2.45, 2.75) is 32.2 Å². The van der Waals surface area contributed by atoms with Gasteiger partial charge in [-0.1, -0.05) is 12.1 Å². The fraction of sp³-hybridized carbons (Fsp3) is 0.353. The summed E-state index contributed by atoms with van der Waals surface area (Å²) >= 11 is 1.28. The van der Waals surface area contributed by atoms with Gasteiger partial charge < -0.3 is 10.0 Å². The molecule has 2 aromatic rings. The number of carboxylic acid groups (broad SMARTS) is 1. The van der Waals surface area contributed by atoms with E-state index >= 15 is 0 Å². The number of halogens is 1. The monoisotopic (exact) mass is 348 g/mol. The highest BCUT2D eigenvalue weighted by Gasteiger charge is 2.35. The normalized spacial score (nSPS) is 17.2. The minimum Gasteiger partial charge on any atom is -0.480 e. The Kier molecular flexibility index (Phi) is 4.62. The second-order valence-electron chi connectivity index (χ2n) is 5.82. The molecule has 1 aromatic carbocycles. The molecule has 0 radical (unpaired) electrons. The van der Waals surface area contributed by atoms with Gasteiger partial charge in [0, 0.05) is 13.0 Å². The second kappa shape index (κ2) is 6.68. The molecule has 7 heteroatoms. The molecule has 1 aliphatic rings. The first-order valence-electron chi connectivity index (χ1n) is 7.70. The fourth-order valence-electron chi connectivity index (χ4n) is 2.90. The van der Waals surface area contributed by atoms with Crippen LogP contribution in [0.15, 0.2) is 24.3 Å². The molecule has 0 bridgehead atoms. The van der Waals surface area contributed by atoms with E-state index in [4.69, 9.17) is 0 Å². The summed E-state index contributed by atoms with van der Waals surface area (Å²) in [4.78, 5) is 30.3. The number of rotatable bonds is 4. The Morgan fingerprint density at radius 2 is 2.08 bits per heavy atom. The highest BCUT2D eigenvalue weighted by atomic mass is 32.1. The van der Waals surface area contributed by atoms with E-state index < -0.39 is 12.0 Å². The average molecular weight is 348 g/mol. The first kappa shape index (κ1) is 16.6. The van der Waals surface area contributed by atoms with E-state index in [0.717, 1.165) is 10.6 Å². The van der Waals surface area contributed by atoms with Gasteiger partial charge in [0.2, 0.25) is 0 Å². The van der Waals surface area contributed by atoms with Crippen molar-refractivity contribution in [3.63, 3.8) is 0 Å². The minimum atomic E-state index is -0.963. The van der Waals surface area contributed by atoms with Crippen molar-refractivity contribution in [3.8, 4) is 0 Å². The van der Waals surface area contributed by atoms with Crippen molar-refractivity contribution in [2.75, 3.05) is 6.54 Å². The molecule has 0 spiro atoms. The predicted molar refractivity (Wildman–Crippen MR) is 87.8 cm³/mol. The van der Waals surface area contributed by atoms with Crippen LogP contribution < -0.4 is 0 Å². The molecule has 126 valence electrons. The van der Waals surface area contributed by atoms with Crippen LogP contribution in [0, 0.1) is 12.7 Å². The molecule has 1 amide bonds. The van der Waals surface area contributed by atoms with Crippen LogP contribution in [0.25, 0.3) is 0 Å². The molecule has 1 N–H and O–H groups in total. The highest BCUT2D eigenvalue weighted by molar-refractivity contribution is 7.13. The second-order valence-corrected chi connectivity index (χ2v) is 6.90. The number of carboxylic acids is 1. The van der Waals surface area contributed by atoms with Crippen molar-refractivity contribution >= 4 is 23.2 Å². The molecular formula is C17H17FN2O3S. The van der Waals surface area contributed by atoms with Gasteiger partial charge in [-0.3, -0.25) is 4.79 Å². The van der Waals surface area contributed by atoms with Gasteiger partial charge in [0.25, 0.3) is 5.91 Å². The molecule has 2 heterocycles. The maximum absolute atomic E-state index is 13.0. The van der Waals surface area contributed by atoms with Crippen LogP contribution in [0.4, 0.5) is 4.39 Å². The number of carbonyl (C=O) groups is 2. The van der Waals surface area contributed by atoms with Crippen molar-refractivity contribution in [1.29, 1.82) is 0 Å². The molecule has 0 aliphatic carbocycles. The third kappa shape index (κ3) is 3.31. The van der Waals surface area contributed by atoms with Crippen LogP contribution in [0.1, 0.15) is 38.8 Å². The SMILES string of the molecule is Cc1nc(Cc2ccc(F)cc2)sc1C(=O)N1CCC[C@H]1C(=O)O.